The molecule has 3 rings (SSSR count). The summed E-state index contributed by atoms with van der Waals surface area (Å²) in [6.07, 6.45) is 3.91. The molecule has 1 unspecified atom stereocenters. The van der Waals surface area contributed by atoms with E-state index in [1.807, 2.05) is 23.1 Å². The number of carbonyl (C=O) groups excluding carboxylic acids is 1. The number of nitrogens with zero attached hydrogens (tertiary/aromatic N) is 1. The molecule has 2 aromatic carbocycles. The molecule has 1 fully saturated rings. The van der Waals surface area contributed by atoms with Crippen LogP contribution in [0.5, 0.6) is 0 Å². The molecular formula is C19H20BrFN2O. The monoisotopic (exact) mass is 390 g/mol. The first kappa shape index (κ1) is 17.0. The van der Waals surface area contributed by atoms with Gasteiger partial charge in [0.1, 0.15) is 5.82 Å². The lowest BCUT2D eigenvalue weighted by Gasteiger charge is -2.36. The van der Waals surface area contributed by atoms with Crippen molar-refractivity contribution in [3.8, 4) is 0 Å². The maximum atomic E-state index is 14.0. The molecule has 1 heterocycles. The van der Waals surface area contributed by atoms with E-state index in [0.29, 0.717) is 11.0 Å². The normalized spacial score (nSPS) is 17.6. The van der Waals surface area contributed by atoms with Gasteiger partial charge in [-0.25, -0.2) is 9.18 Å². The number of benzene rings is 2. The minimum atomic E-state index is -0.436. The zero-order chi connectivity index (χ0) is 16.9. The minimum absolute atomic E-state index is 0.152. The molecular weight excluding hydrogens is 371 g/mol. The summed E-state index contributed by atoms with van der Waals surface area (Å²) in [6.45, 7) is 0.710. The van der Waals surface area contributed by atoms with Gasteiger partial charge in [0, 0.05) is 17.1 Å². The molecule has 1 saturated heterocycles. The molecule has 0 saturated carbocycles. The molecule has 24 heavy (non-hydrogen) atoms. The van der Waals surface area contributed by atoms with Crippen molar-refractivity contribution in [2.24, 2.45) is 0 Å². The maximum Gasteiger partial charge on any atom is 0.322 e. The van der Waals surface area contributed by atoms with Crippen LogP contribution in [0.15, 0.2) is 53.0 Å². The highest BCUT2D eigenvalue weighted by molar-refractivity contribution is 9.10. The van der Waals surface area contributed by atoms with Crippen molar-refractivity contribution in [1.29, 1.82) is 0 Å². The second kappa shape index (κ2) is 7.79. The van der Waals surface area contributed by atoms with Crippen LogP contribution in [-0.2, 0) is 6.42 Å². The van der Waals surface area contributed by atoms with Gasteiger partial charge in [-0.05, 0) is 49.4 Å². The predicted octanol–water partition coefficient (Wildman–Crippen LogP) is 5.22. The Hall–Kier alpha value is -1.88. The Kier molecular flexibility index (Phi) is 5.51. The summed E-state index contributed by atoms with van der Waals surface area (Å²) in [4.78, 5) is 14.5. The standard InChI is InChI=1S/C19H20BrFN2O/c20-15-9-10-18(17(21)13-15)22-19(24)23-11-5-4-8-16(23)12-14-6-2-1-3-7-14/h1-3,6-7,9-10,13,16H,4-5,8,11-12H2,(H,22,24). The van der Waals surface area contributed by atoms with Gasteiger partial charge >= 0.3 is 6.03 Å². The number of hydrogen-bond donors (Lipinski definition) is 1. The van der Waals surface area contributed by atoms with Gasteiger partial charge < -0.3 is 10.2 Å². The van der Waals surface area contributed by atoms with Crippen molar-refractivity contribution >= 4 is 27.6 Å². The number of anilines is 1. The van der Waals surface area contributed by atoms with Gasteiger partial charge in [0.15, 0.2) is 0 Å². The molecule has 3 nitrogen and oxygen atoms in total. The molecule has 126 valence electrons. The zero-order valence-electron chi connectivity index (χ0n) is 13.3. The molecule has 0 spiro atoms. The highest BCUT2D eigenvalue weighted by atomic mass is 79.9. The quantitative estimate of drug-likeness (QED) is 0.765. The summed E-state index contributed by atoms with van der Waals surface area (Å²) >= 11 is 3.22. The average Bonchev–Trinajstić information content (AvgIpc) is 2.59. The molecule has 1 N–H and O–H groups in total. The van der Waals surface area contributed by atoms with Gasteiger partial charge in [0.25, 0.3) is 0 Å². The number of carbonyl (C=O) groups is 1. The van der Waals surface area contributed by atoms with Gasteiger partial charge in [-0.3, -0.25) is 0 Å². The van der Waals surface area contributed by atoms with Gasteiger partial charge in [0.05, 0.1) is 5.69 Å². The van der Waals surface area contributed by atoms with Crippen molar-refractivity contribution in [3.05, 3.63) is 64.4 Å². The molecule has 1 aliphatic heterocycles. The predicted molar refractivity (Wildman–Crippen MR) is 97.6 cm³/mol. The van der Waals surface area contributed by atoms with Crippen molar-refractivity contribution in [3.63, 3.8) is 0 Å². The van der Waals surface area contributed by atoms with E-state index in [-0.39, 0.29) is 17.8 Å². The Bertz CT molecular complexity index is 708. The molecule has 5 heteroatoms. The Labute approximate surface area is 150 Å². The maximum absolute atomic E-state index is 14.0. The lowest BCUT2D eigenvalue weighted by Crippen LogP contribution is -2.47. The second-order valence-corrected chi connectivity index (χ2v) is 7.00. The van der Waals surface area contributed by atoms with E-state index in [0.717, 1.165) is 25.7 Å². The molecule has 0 radical (unpaired) electrons. The van der Waals surface area contributed by atoms with Crippen LogP contribution in [0.1, 0.15) is 24.8 Å². The molecule has 0 aliphatic carbocycles. The molecule has 2 aromatic rings. The van der Waals surface area contributed by atoms with E-state index >= 15 is 0 Å². The van der Waals surface area contributed by atoms with E-state index in [1.54, 1.807) is 12.1 Å². The number of urea groups is 1. The van der Waals surface area contributed by atoms with Crippen LogP contribution in [0.25, 0.3) is 0 Å². The smallest absolute Gasteiger partial charge is 0.321 e. The van der Waals surface area contributed by atoms with Crippen LogP contribution in [0.2, 0.25) is 0 Å². The molecule has 0 bridgehead atoms. The highest BCUT2D eigenvalue weighted by Gasteiger charge is 2.27. The highest BCUT2D eigenvalue weighted by Crippen LogP contribution is 2.24. The first-order valence-corrected chi connectivity index (χ1v) is 8.99. The van der Waals surface area contributed by atoms with Crippen LogP contribution < -0.4 is 5.32 Å². The molecule has 0 aromatic heterocycles. The van der Waals surface area contributed by atoms with Gasteiger partial charge in [-0.1, -0.05) is 46.3 Å². The first-order valence-electron chi connectivity index (χ1n) is 8.20. The van der Waals surface area contributed by atoms with Crippen molar-refractivity contribution < 1.29 is 9.18 Å². The Morgan fingerprint density at radius 2 is 2.00 bits per heavy atom. The van der Waals surface area contributed by atoms with E-state index in [4.69, 9.17) is 0 Å². The van der Waals surface area contributed by atoms with E-state index in [9.17, 15) is 9.18 Å². The third-order valence-electron chi connectivity index (χ3n) is 4.37. The Morgan fingerprint density at radius 3 is 2.75 bits per heavy atom. The minimum Gasteiger partial charge on any atom is -0.321 e. The number of halogens is 2. The number of rotatable bonds is 3. The fraction of sp³-hybridized carbons (Fsp3) is 0.316. The second-order valence-electron chi connectivity index (χ2n) is 6.09. The third-order valence-corrected chi connectivity index (χ3v) is 4.87. The number of amides is 2. The fourth-order valence-corrected chi connectivity index (χ4v) is 3.48. The van der Waals surface area contributed by atoms with E-state index in [2.05, 4.69) is 33.4 Å². The first-order chi connectivity index (χ1) is 11.6. The van der Waals surface area contributed by atoms with Crippen LogP contribution in [0, 0.1) is 5.82 Å². The van der Waals surface area contributed by atoms with Crippen molar-refractivity contribution in [2.45, 2.75) is 31.7 Å². The summed E-state index contributed by atoms with van der Waals surface area (Å²) in [6, 6.07) is 14.8. The third kappa shape index (κ3) is 4.15. The lowest BCUT2D eigenvalue weighted by atomic mass is 9.96. The summed E-state index contributed by atoms with van der Waals surface area (Å²) in [5.41, 5.74) is 1.43. The van der Waals surface area contributed by atoms with Crippen LogP contribution in [0.3, 0.4) is 0 Å². The summed E-state index contributed by atoms with van der Waals surface area (Å²) < 4.78 is 14.6. The zero-order valence-corrected chi connectivity index (χ0v) is 14.9. The van der Waals surface area contributed by atoms with Crippen LogP contribution in [-0.4, -0.2) is 23.5 Å². The summed E-state index contributed by atoms with van der Waals surface area (Å²) in [5.74, 6) is -0.436. The van der Waals surface area contributed by atoms with E-state index < -0.39 is 5.82 Å². The largest absolute Gasteiger partial charge is 0.322 e. The average molecular weight is 391 g/mol. The number of piperidine rings is 1. The number of nitrogens with one attached hydrogen (secondary N) is 1. The Balaban J connectivity index is 1.71. The van der Waals surface area contributed by atoms with Crippen molar-refractivity contribution in [1.82, 2.24) is 4.90 Å². The lowest BCUT2D eigenvalue weighted by molar-refractivity contribution is 0.162. The SMILES string of the molecule is O=C(Nc1ccc(Br)cc1F)N1CCCCC1Cc1ccccc1. The Morgan fingerprint density at radius 1 is 1.21 bits per heavy atom. The number of likely N-dealkylation sites (tertiary alicyclic amines) is 1. The van der Waals surface area contributed by atoms with Crippen molar-refractivity contribution in [2.75, 3.05) is 11.9 Å². The van der Waals surface area contributed by atoms with Gasteiger partial charge in [-0.15, -0.1) is 0 Å². The van der Waals surface area contributed by atoms with Crippen LogP contribution >= 0.6 is 15.9 Å². The van der Waals surface area contributed by atoms with E-state index in [1.165, 1.54) is 11.6 Å². The van der Waals surface area contributed by atoms with Gasteiger partial charge in [0.2, 0.25) is 0 Å². The summed E-state index contributed by atoms with van der Waals surface area (Å²) in [7, 11) is 0. The topological polar surface area (TPSA) is 32.3 Å². The van der Waals surface area contributed by atoms with Crippen LogP contribution in [0.4, 0.5) is 14.9 Å². The molecule has 1 atom stereocenters. The van der Waals surface area contributed by atoms with Gasteiger partial charge in [-0.2, -0.15) is 0 Å². The molecule has 2 amide bonds. The number of hydrogen-bond acceptors (Lipinski definition) is 1. The molecule has 1 aliphatic rings. The fourth-order valence-electron chi connectivity index (χ4n) is 3.14. The summed E-state index contributed by atoms with van der Waals surface area (Å²) in [5, 5.41) is 2.71.